The van der Waals surface area contributed by atoms with Crippen LogP contribution in [0.2, 0.25) is 0 Å². The van der Waals surface area contributed by atoms with E-state index in [0.29, 0.717) is 5.75 Å². The average molecular weight is 475 g/mol. The van der Waals surface area contributed by atoms with E-state index < -0.39 is 5.72 Å². The molecule has 194 valence electrons. The molecule has 5 heteroatoms. The predicted octanol–water partition coefficient (Wildman–Crippen LogP) is 6.65. The lowest BCUT2D eigenvalue weighted by Crippen LogP contribution is -2.49. The highest BCUT2D eigenvalue weighted by Crippen LogP contribution is 2.43. The second-order valence-electron chi connectivity index (χ2n) is 11.3. The van der Waals surface area contributed by atoms with E-state index in [2.05, 4.69) is 20.8 Å². The van der Waals surface area contributed by atoms with Crippen molar-refractivity contribution in [3.8, 4) is 11.5 Å². The molecule has 0 aromatic heterocycles. The molecular weight excluding hydrogens is 424 g/mol. The fourth-order valence-corrected chi connectivity index (χ4v) is 5.21. The third-order valence-corrected chi connectivity index (χ3v) is 7.59. The highest BCUT2D eigenvalue weighted by Gasteiger charge is 2.35. The van der Waals surface area contributed by atoms with Crippen LogP contribution in [0.1, 0.15) is 114 Å². The molecule has 1 aromatic carbocycles. The Morgan fingerprint density at radius 1 is 0.971 bits per heavy atom. The Morgan fingerprint density at radius 2 is 1.59 bits per heavy atom. The highest BCUT2D eigenvalue weighted by atomic mass is 16.5. The molecule has 2 rings (SSSR count). The SMILES string of the molecule is CC(=O)Oc1c(C)c(C)c2c(c1C)CCC(N)(CCCC(N)CCCC(C)CCCC(C)C)O2. The minimum absolute atomic E-state index is 0.236. The van der Waals surface area contributed by atoms with Crippen LogP contribution in [0.25, 0.3) is 0 Å². The van der Waals surface area contributed by atoms with Gasteiger partial charge < -0.3 is 15.2 Å². The minimum Gasteiger partial charge on any atom is -0.472 e. The molecule has 5 nitrogen and oxygen atoms in total. The summed E-state index contributed by atoms with van der Waals surface area (Å²) in [6, 6.07) is 0.236. The predicted molar refractivity (Wildman–Crippen MR) is 141 cm³/mol. The van der Waals surface area contributed by atoms with Gasteiger partial charge in [0.05, 0.1) is 0 Å². The summed E-state index contributed by atoms with van der Waals surface area (Å²) in [6.45, 7) is 14.4. The van der Waals surface area contributed by atoms with Gasteiger partial charge in [-0.1, -0.05) is 52.9 Å². The molecule has 1 aromatic rings. The fourth-order valence-electron chi connectivity index (χ4n) is 5.21. The molecule has 0 saturated heterocycles. The zero-order valence-corrected chi connectivity index (χ0v) is 22.9. The third kappa shape index (κ3) is 8.27. The van der Waals surface area contributed by atoms with Crippen molar-refractivity contribution in [2.75, 3.05) is 0 Å². The van der Waals surface area contributed by atoms with Crippen LogP contribution in [0.4, 0.5) is 0 Å². The number of rotatable bonds is 13. The first-order valence-electron chi connectivity index (χ1n) is 13.5. The summed E-state index contributed by atoms with van der Waals surface area (Å²) in [5, 5.41) is 0. The van der Waals surface area contributed by atoms with Crippen LogP contribution in [-0.4, -0.2) is 17.7 Å². The molecule has 4 N–H and O–H groups in total. The molecule has 3 unspecified atom stereocenters. The van der Waals surface area contributed by atoms with Gasteiger partial charge in [0.1, 0.15) is 11.5 Å². The normalized spacial score (nSPS) is 19.5. The molecule has 34 heavy (non-hydrogen) atoms. The molecule has 0 radical (unpaired) electrons. The van der Waals surface area contributed by atoms with E-state index in [1.54, 1.807) is 0 Å². The van der Waals surface area contributed by atoms with Crippen molar-refractivity contribution in [3.05, 3.63) is 22.3 Å². The van der Waals surface area contributed by atoms with Crippen molar-refractivity contribution in [2.24, 2.45) is 23.3 Å². The van der Waals surface area contributed by atoms with Crippen molar-refractivity contribution in [2.45, 2.75) is 131 Å². The second-order valence-corrected chi connectivity index (χ2v) is 11.3. The summed E-state index contributed by atoms with van der Waals surface area (Å²) in [6.07, 6.45) is 11.9. The van der Waals surface area contributed by atoms with Crippen LogP contribution in [0.5, 0.6) is 11.5 Å². The molecular formula is C29H50N2O3. The topological polar surface area (TPSA) is 87.6 Å². The zero-order valence-electron chi connectivity index (χ0n) is 22.9. The molecule has 1 aliphatic rings. The fraction of sp³-hybridized carbons (Fsp3) is 0.759. The Labute approximate surface area is 208 Å². The smallest absolute Gasteiger partial charge is 0.308 e. The lowest BCUT2D eigenvalue weighted by atomic mass is 9.87. The monoisotopic (exact) mass is 474 g/mol. The number of carbonyl (C=O) groups excluding carboxylic acids is 1. The van der Waals surface area contributed by atoms with Gasteiger partial charge in [0.15, 0.2) is 5.72 Å². The van der Waals surface area contributed by atoms with E-state index in [0.717, 1.165) is 78.4 Å². The van der Waals surface area contributed by atoms with Gasteiger partial charge in [-0.05, 0) is 75.0 Å². The maximum Gasteiger partial charge on any atom is 0.308 e. The van der Waals surface area contributed by atoms with Crippen LogP contribution in [0.3, 0.4) is 0 Å². The van der Waals surface area contributed by atoms with E-state index in [-0.39, 0.29) is 12.0 Å². The van der Waals surface area contributed by atoms with Crippen molar-refractivity contribution < 1.29 is 14.3 Å². The van der Waals surface area contributed by atoms with E-state index in [1.165, 1.54) is 39.0 Å². The van der Waals surface area contributed by atoms with Gasteiger partial charge in [0.25, 0.3) is 0 Å². The number of hydrogen-bond donors (Lipinski definition) is 2. The largest absolute Gasteiger partial charge is 0.472 e. The van der Waals surface area contributed by atoms with Gasteiger partial charge in [0, 0.05) is 31.4 Å². The lowest BCUT2D eigenvalue weighted by Gasteiger charge is -2.38. The summed E-state index contributed by atoms with van der Waals surface area (Å²) < 4.78 is 11.9. The van der Waals surface area contributed by atoms with Gasteiger partial charge in [-0.3, -0.25) is 10.5 Å². The van der Waals surface area contributed by atoms with E-state index in [4.69, 9.17) is 20.9 Å². The summed E-state index contributed by atoms with van der Waals surface area (Å²) >= 11 is 0. The van der Waals surface area contributed by atoms with Crippen LogP contribution in [0, 0.1) is 32.6 Å². The van der Waals surface area contributed by atoms with Crippen LogP contribution in [0.15, 0.2) is 0 Å². The number of carbonyl (C=O) groups is 1. The Bertz CT molecular complexity index is 820. The number of esters is 1. The van der Waals surface area contributed by atoms with Crippen LogP contribution < -0.4 is 20.9 Å². The number of ether oxygens (including phenoxy) is 2. The number of benzene rings is 1. The van der Waals surface area contributed by atoms with Crippen molar-refractivity contribution in [1.82, 2.24) is 0 Å². The van der Waals surface area contributed by atoms with E-state index in [9.17, 15) is 4.79 Å². The molecule has 0 spiro atoms. The van der Waals surface area contributed by atoms with E-state index >= 15 is 0 Å². The second kappa shape index (κ2) is 12.9. The summed E-state index contributed by atoms with van der Waals surface area (Å²) in [4.78, 5) is 11.6. The molecule has 0 aliphatic carbocycles. The molecule has 0 bridgehead atoms. The molecule has 1 aliphatic heterocycles. The lowest BCUT2D eigenvalue weighted by molar-refractivity contribution is -0.132. The van der Waals surface area contributed by atoms with Crippen molar-refractivity contribution in [1.29, 1.82) is 0 Å². The van der Waals surface area contributed by atoms with Crippen LogP contribution >= 0.6 is 0 Å². The minimum atomic E-state index is -0.662. The zero-order chi connectivity index (χ0) is 25.5. The molecule has 0 fully saturated rings. The molecule has 3 atom stereocenters. The quantitative estimate of drug-likeness (QED) is 0.247. The highest BCUT2D eigenvalue weighted by molar-refractivity contribution is 5.72. The maximum atomic E-state index is 11.6. The first-order chi connectivity index (χ1) is 15.9. The first kappa shape index (κ1) is 28.6. The van der Waals surface area contributed by atoms with Crippen LogP contribution in [-0.2, 0) is 11.2 Å². The number of hydrogen-bond acceptors (Lipinski definition) is 5. The third-order valence-electron chi connectivity index (χ3n) is 7.59. The van der Waals surface area contributed by atoms with Gasteiger partial charge in [-0.25, -0.2) is 0 Å². The Hall–Kier alpha value is -1.59. The summed E-state index contributed by atoms with van der Waals surface area (Å²) in [7, 11) is 0. The van der Waals surface area contributed by atoms with Gasteiger partial charge >= 0.3 is 5.97 Å². The molecule has 0 amide bonds. The molecule has 1 heterocycles. The summed E-state index contributed by atoms with van der Waals surface area (Å²) in [5.41, 5.74) is 16.5. The van der Waals surface area contributed by atoms with Gasteiger partial charge in [-0.2, -0.15) is 0 Å². The Kier molecular flexibility index (Phi) is 10.9. The summed E-state index contributed by atoms with van der Waals surface area (Å²) in [5.74, 6) is 2.84. The average Bonchev–Trinajstić information content (AvgIpc) is 2.74. The van der Waals surface area contributed by atoms with E-state index in [1.807, 2.05) is 20.8 Å². The van der Waals surface area contributed by atoms with Crippen molar-refractivity contribution in [3.63, 3.8) is 0 Å². The Morgan fingerprint density at radius 3 is 2.21 bits per heavy atom. The van der Waals surface area contributed by atoms with Crippen molar-refractivity contribution >= 4 is 5.97 Å². The Balaban J connectivity index is 1.82. The maximum absolute atomic E-state index is 11.6. The standard InChI is InChI=1S/C29H50N2O3/c1-19(2)11-8-12-20(3)13-9-14-25(30)15-10-17-29(31)18-16-26-23(6)27(33-24(7)32)21(4)22(5)28(26)34-29/h19-20,25H,8-18,30-31H2,1-7H3. The van der Waals surface area contributed by atoms with Gasteiger partial charge in [0.2, 0.25) is 0 Å². The first-order valence-corrected chi connectivity index (χ1v) is 13.5. The number of fused-ring (bicyclic) bond motifs is 1. The van der Waals surface area contributed by atoms with Gasteiger partial charge in [-0.15, -0.1) is 0 Å². The number of nitrogens with two attached hydrogens (primary N) is 2. The molecule has 0 saturated carbocycles.